The van der Waals surface area contributed by atoms with Crippen molar-refractivity contribution in [3.63, 3.8) is 0 Å². The molecule has 7 heteroatoms. The maximum Gasteiger partial charge on any atom is 0.213 e. The van der Waals surface area contributed by atoms with E-state index in [9.17, 15) is 0 Å². The predicted octanol–water partition coefficient (Wildman–Crippen LogP) is 1.25. The largest absolute Gasteiger partial charge is 0.475 e. The molecule has 2 rings (SSSR count). The van der Waals surface area contributed by atoms with E-state index in [4.69, 9.17) is 19.4 Å². The zero-order chi connectivity index (χ0) is 13.7. The highest BCUT2D eigenvalue weighted by Crippen LogP contribution is 2.23. The van der Waals surface area contributed by atoms with Gasteiger partial charge in [-0.15, -0.1) is 0 Å². The Morgan fingerprint density at radius 2 is 2.47 bits per heavy atom. The monoisotopic (exact) mass is 267 g/mol. The number of ether oxygens (including phenoxy) is 3. The molecule has 0 saturated carbocycles. The van der Waals surface area contributed by atoms with Gasteiger partial charge in [0.1, 0.15) is 19.0 Å². The minimum absolute atomic E-state index is 0.0897. The molecule has 0 spiro atoms. The summed E-state index contributed by atoms with van der Waals surface area (Å²) in [6.07, 6.45) is 2.61. The smallest absolute Gasteiger partial charge is 0.213 e. The fourth-order valence-corrected chi connectivity index (χ4v) is 1.66. The van der Waals surface area contributed by atoms with E-state index in [1.165, 1.54) is 0 Å². The summed E-state index contributed by atoms with van der Waals surface area (Å²) in [5.74, 6) is -0.0543. The summed E-state index contributed by atoms with van der Waals surface area (Å²) >= 11 is 0. The van der Waals surface area contributed by atoms with Gasteiger partial charge < -0.3 is 14.2 Å². The molecule has 1 aromatic rings. The molecule has 19 heavy (non-hydrogen) atoms. The minimum Gasteiger partial charge on any atom is -0.475 e. The number of pyridine rings is 1. The average molecular weight is 267 g/mol. The molecule has 0 aliphatic carbocycles. The van der Waals surface area contributed by atoms with Crippen LogP contribution in [0.2, 0.25) is 0 Å². The average Bonchev–Trinajstić information content (AvgIpc) is 2.75. The van der Waals surface area contributed by atoms with E-state index in [0.717, 1.165) is 6.34 Å². The lowest BCUT2D eigenvalue weighted by Gasteiger charge is -2.17. The van der Waals surface area contributed by atoms with Crippen molar-refractivity contribution in [2.75, 3.05) is 13.2 Å². The maximum atomic E-state index is 8.36. The molecule has 0 amide bonds. The zero-order valence-corrected chi connectivity index (χ0v) is 10.9. The summed E-state index contributed by atoms with van der Waals surface area (Å²) in [7, 11) is 0. The lowest BCUT2D eigenvalue weighted by Crippen LogP contribution is -2.25. The highest BCUT2D eigenvalue weighted by atomic mass is 16.7. The molecule has 0 aromatic carbocycles. The van der Waals surface area contributed by atoms with E-state index in [1.807, 2.05) is 19.3 Å². The van der Waals surface area contributed by atoms with Crippen LogP contribution in [0.4, 0.5) is 5.69 Å². The Morgan fingerprint density at radius 3 is 3.05 bits per heavy atom. The van der Waals surface area contributed by atoms with E-state index >= 15 is 0 Å². The Bertz CT molecular complexity index is 433. The second-order valence-electron chi connectivity index (χ2n) is 4.50. The lowest BCUT2D eigenvalue weighted by molar-refractivity contribution is -0.141. The van der Waals surface area contributed by atoms with Crippen LogP contribution in [0.1, 0.15) is 13.8 Å². The van der Waals surface area contributed by atoms with Crippen LogP contribution in [0, 0.1) is 0 Å². The molecule has 1 saturated heterocycles. The molecule has 1 aliphatic heterocycles. The van der Waals surface area contributed by atoms with Crippen molar-refractivity contribution in [1.82, 2.24) is 10.5 Å². The topological polar surface area (TPSA) is 85.2 Å². The Morgan fingerprint density at radius 1 is 1.63 bits per heavy atom. The predicted molar refractivity (Wildman–Crippen MR) is 67.7 cm³/mol. The van der Waals surface area contributed by atoms with Gasteiger partial charge in [0.2, 0.25) is 5.88 Å². The van der Waals surface area contributed by atoms with Crippen LogP contribution in [0.5, 0.6) is 5.88 Å². The van der Waals surface area contributed by atoms with E-state index in [1.54, 1.807) is 18.3 Å². The van der Waals surface area contributed by atoms with E-state index in [-0.39, 0.29) is 6.10 Å². The maximum absolute atomic E-state index is 8.36. The number of aromatic nitrogens is 1. The standard InChI is InChI=1S/C12H17N3O4/c1-12(2)18-7-10(19-12)6-17-11-4-3-9(5-13-11)14-8-15-16/h3-5,8,10,16H,6-7H2,1-2H3,(H,14,15). The second-order valence-corrected chi connectivity index (χ2v) is 4.50. The van der Waals surface area contributed by atoms with Crippen LogP contribution < -0.4 is 10.2 Å². The quantitative estimate of drug-likeness (QED) is 0.474. The summed E-state index contributed by atoms with van der Waals surface area (Å²) in [6, 6.07) is 3.43. The second kappa shape index (κ2) is 5.96. The van der Waals surface area contributed by atoms with Gasteiger partial charge in [-0.05, 0) is 19.9 Å². The van der Waals surface area contributed by atoms with E-state index in [2.05, 4.69) is 9.98 Å². The molecule has 2 heterocycles. The number of hydrogen-bond acceptors (Lipinski definition) is 6. The summed E-state index contributed by atoms with van der Waals surface area (Å²) in [6.45, 7) is 4.63. The zero-order valence-electron chi connectivity index (χ0n) is 10.9. The summed E-state index contributed by atoms with van der Waals surface area (Å²) in [5.41, 5.74) is 2.43. The van der Waals surface area contributed by atoms with Crippen LogP contribution >= 0.6 is 0 Å². The SMILES string of the molecule is CC1(C)OCC(COc2ccc(N=CNO)cn2)O1. The number of nitrogens with one attached hydrogen (secondary N) is 1. The van der Waals surface area contributed by atoms with Crippen LogP contribution in [0.3, 0.4) is 0 Å². The third-order valence-corrected chi connectivity index (χ3v) is 2.48. The third kappa shape index (κ3) is 4.16. The van der Waals surface area contributed by atoms with Crippen LogP contribution in [0.15, 0.2) is 23.3 Å². The van der Waals surface area contributed by atoms with Gasteiger partial charge in [0.25, 0.3) is 0 Å². The lowest BCUT2D eigenvalue weighted by atomic mass is 10.4. The summed E-state index contributed by atoms with van der Waals surface area (Å²) < 4.78 is 16.6. The molecule has 1 atom stereocenters. The summed E-state index contributed by atoms with van der Waals surface area (Å²) in [4.78, 5) is 7.96. The van der Waals surface area contributed by atoms with Crippen LogP contribution in [-0.2, 0) is 9.47 Å². The molecule has 2 N–H and O–H groups in total. The van der Waals surface area contributed by atoms with Gasteiger partial charge >= 0.3 is 0 Å². The van der Waals surface area contributed by atoms with Crippen molar-refractivity contribution in [3.8, 4) is 5.88 Å². The number of nitrogens with zero attached hydrogens (tertiary/aromatic N) is 2. The first-order valence-electron chi connectivity index (χ1n) is 5.92. The molecular formula is C12H17N3O4. The minimum atomic E-state index is -0.544. The van der Waals surface area contributed by atoms with Crippen LogP contribution in [0.25, 0.3) is 0 Å². The van der Waals surface area contributed by atoms with Crippen molar-refractivity contribution in [1.29, 1.82) is 0 Å². The van der Waals surface area contributed by atoms with Crippen molar-refractivity contribution < 1.29 is 19.4 Å². The molecule has 1 aromatic heterocycles. The van der Waals surface area contributed by atoms with Gasteiger partial charge in [-0.3, -0.25) is 10.7 Å². The summed E-state index contributed by atoms with van der Waals surface area (Å²) in [5, 5.41) is 8.36. The highest BCUT2D eigenvalue weighted by Gasteiger charge is 2.32. The first-order valence-corrected chi connectivity index (χ1v) is 5.92. The molecule has 1 unspecified atom stereocenters. The highest BCUT2D eigenvalue weighted by molar-refractivity contribution is 5.59. The van der Waals surface area contributed by atoms with Crippen molar-refractivity contribution in [2.24, 2.45) is 4.99 Å². The third-order valence-electron chi connectivity index (χ3n) is 2.48. The van der Waals surface area contributed by atoms with Gasteiger partial charge in [-0.1, -0.05) is 0 Å². The van der Waals surface area contributed by atoms with Gasteiger partial charge in [-0.2, -0.15) is 0 Å². The molecule has 0 radical (unpaired) electrons. The Kier molecular flexibility index (Phi) is 4.31. The molecule has 7 nitrogen and oxygen atoms in total. The normalized spacial score (nSPS) is 21.7. The van der Waals surface area contributed by atoms with E-state index in [0.29, 0.717) is 24.8 Å². The molecule has 104 valence electrons. The fraction of sp³-hybridized carbons (Fsp3) is 0.500. The van der Waals surface area contributed by atoms with Crippen molar-refractivity contribution in [2.45, 2.75) is 25.7 Å². The van der Waals surface area contributed by atoms with Crippen LogP contribution in [-0.4, -0.2) is 41.6 Å². The van der Waals surface area contributed by atoms with Gasteiger partial charge in [-0.25, -0.2) is 9.98 Å². The van der Waals surface area contributed by atoms with Crippen molar-refractivity contribution in [3.05, 3.63) is 18.3 Å². The number of hydrogen-bond donors (Lipinski definition) is 2. The Hall–Kier alpha value is -1.70. The molecule has 1 aliphatic rings. The number of hydroxylamine groups is 1. The number of rotatable bonds is 5. The number of aliphatic imine (C=N–C) groups is 1. The Labute approximate surface area is 111 Å². The Balaban J connectivity index is 1.82. The molecule has 0 bridgehead atoms. The van der Waals surface area contributed by atoms with Crippen molar-refractivity contribution >= 4 is 12.0 Å². The fourth-order valence-electron chi connectivity index (χ4n) is 1.66. The van der Waals surface area contributed by atoms with Gasteiger partial charge in [0.15, 0.2) is 5.79 Å². The van der Waals surface area contributed by atoms with Gasteiger partial charge in [0.05, 0.1) is 18.5 Å². The first-order chi connectivity index (χ1) is 9.09. The van der Waals surface area contributed by atoms with Gasteiger partial charge in [0, 0.05) is 6.07 Å². The molecule has 1 fully saturated rings. The first kappa shape index (κ1) is 13.7. The van der Waals surface area contributed by atoms with E-state index < -0.39 is 5.79 Å². The molecular weight excluding hydrogens is 250 g/mol.